The van der Waals surface area contributed by atoms with Crippen LogP contribution in [0.3, 0.4) is 0 Å². The summed E-state index contributed by atoms with van der Waals surface area (Å²) in [4.78, 5) is 13.1. The lowest BCUT2D eigenvalue weighted by Crippen LogP contribution is -2.19. The van der Waals surface area contributed by atoms with Crippen molar-refractivity contribution >= 4 is 27.3 Å². The van der Waals surface area contributed by atoms with Crippen molar-refractivity contribution in [3.8, 4) is 0 Å². The number of carbonyl (C=O) groups excluding carboxylic acids is 1. The number of sulfonamides is 1. The zero-order valence-electron chi connectivity index (χ0n) is 16.8. The van der Waals surface area contributed by atoms with Crippen molar-refractivity contribution in [3.05, 3.63) is 89.0 Å². The number of hydrogen-bond donors (Lipinski definition) is 2. The number of fused-ring (bicyclic) bond motifs is 1. The van der Waals surface area contributed by atoms with Gasteiger partial charge in [-0.15, -0.1) is 0 Å². The molecule has 0 heterocycles. The van der Waals surface area contributed by atoms with Gasteiger partial charge >= 0.3 is 0 Å². The summed E-state index contributed by atoms with van der Waals surface area (Å²) in [5, 5.41) is 2.91. The molecule has 0 saturated carbocycles. The Morgan fingerprint density at radius 1 is 0.867 bits per heavy atom. The molecule has 1 aliphatic rings. The summed E-state index contributed by atoms with van der Waals surface area (Å²) in [7, 11) is -3.80. The summed E-state index contributed by atoms with van der Waals surface area (Å²) >= 11 is 0. The van der Waals surface area contributed by atoms with Crippen LogP contribution in [0.15, 0.2) is 71.6 Å². The number of anilines is 2. The Labute approximate surface area is 177 Å². The summed E-state index contributed by atoms with van der Waals surface area (Å²) in [6.07, 6.45) is 4.46. The van der Waals surface area contributed by atoms with Crippen molar-refractivity contribution in [3.63, 3.8) is 0 Å². The molecule has 4 rings (SSSR count). The first-order chi connectivity index (χ1) is 14.4. The molecule has 30 heavy (non-hydrogen) atoms. The molecule has 1 amide bonds. The van der Waals surface area contributed by atoms with Crippen LogP contribution in [-0.2, 0) is 22.9 Å². The second-order valence-electron chi connectivity index (χ2n) is 7.61. The van der Waals surface area contributed by atoms with Crippen molar-refractivity contribution in [2.75, 3.05) is 10.0 Å². The minimum atomic E-state index is -3.80. The molecule has 0 atom stereocenters. The average Bonchev–Trinajstić information content (AvgIpc) is 2.74. The van der Waals surface area contributed by atoms with Crippen molar-refractivity contribution in [2.24, 2.45) is 0 Å². The van der Waals surface area contributed by atoms with Crippen LogP contribution in [0, 0.1) is 6.92 Å². The number of amides is 1. The molecule has 2 N–H and O–H groups in total. The third-order valence-corrected chi connectivity index (χ3v) is 6.74. The third kappa shape index (κ3) is 4.39. The summed E-state index contributed by atoms with van der Waals surface area (Å²) in [5.74, 6) is -0.354. The molecule has 6 heteroatoms. The van der Waals surface area contributed by atoms with Crippen LogP contribution in [0.5, 0.6) is 0 Å². The van der Waals surface area contributed by atoms with Gasteiger partial charge in [-0.05, 0) is 80.1 Å². The number of aryl methyl sites for hydroxylation is 3. The highest BCUT2D eigenvalue weighted by Gasteiger charge is 2.19. The van der Waals surface area contributed by atoms with Gasteiger partial charge in [0.05, 0.1) is 16.1 Å². The van der Waals surface area contributed by atoms with E-state index < -0.39 is 10.0 Å². The van der Waals surface area contributed by atoms with Gasteiger partial charge < -0.3 is 5.32 Å². The first-order valence-corrected chi connectivity index (χ1v) is 11.5. The van der Waals surface area contributed by atoms with Crippen molar-refractivity contribution < 1.29 is 13.2 Å². The Bertz CT molecular complexity index is 1190. The van der Waals surface area contributed by atoms with Gasteiger partial charge in [-0.3, -0.25) is 9.52 Å². The number of para-hydroxylation sites is 1. The van der Waals surface area contributed by atoms with Crippen LogP contribution in [0.4, 0.5) is 11.4 Å². The maximum atomic E-state index is 12.9. The standard InChI is InChI=1S/C24H24N2O3S/c1-17-10-14-21(15-11-17)30(28,29)26-23-9-5-4-8-22(23)24(27)25-20-13-12-18-6-2-3-7-19(18)16-20/h4-5,8-16,26H,2-3,6-7H2,1H3,(H,25,27). The highest BCUT2D eigenvalue weighted by Crippen LogP contribution is 2.26. The second-order valence-corrected chi connectivity index (χ2v) is 9.29. The molecule has 0 saturated heterocycles. The van der Waals surface area contributed by atoms with Gasteiger partial charge in [-0.25, -0.2) is 8.42 Å². The Balaban J connectivity index is 1.57. The minimum absolute atomic E-state index is 0.151. The molecule has 154 valence electrons. The topological polar surface area (TPSA) is 75.3 Å². The van der Waals surface area contributed by atoms with Gasteiger partial charge in [0.25, 0.3) is 15.9 Å². The van der Waals surface area contributed by atoms with E-state index in [1.807, 2.05) is 19.1 Å². The van der Waals surface area contributed by atoms with Gasteiger partial charge in [0.1, 0.15) is 0 Å². The molecule has 0 fully saturated rings. The van der Waals surface area contributed by atoms with E-state index in [1.165, 1.54) is 17.5 Å². The Kier molecular flexibility index (Phi) is 5.59. The number of rotatable bonds is 5. The van der Waals surface area contributed by atoms with Crippen LogP contribution in [0.1, 0.15) is 39.9 Å². The molecular formula is C24H24N2O3S. The van der Waals surface area contributed by atoms with E-state index >= 15 is 0 Å². The predicted octanol–water partition coefficient (Wildman–Crippen LogP) is 4.93. The Hall–Kier alpha value is -3.12. The van der Waals surface area contributed by atoms with Gasteiger partial charge in [-0.2, -0.15) is 0 Å². The molecule has 0 spiro atoms. The summed E-state index contributed by atoms with van der Waals surface area (Å²) < 4.78 is 28.1. The quantitative estimate of drug-likeness (QED) is 0.615. The molecule has 0 unspecified atom stereocenters. The smallest absolute Gasteiger partial charge is 0.261 e. The fourth-order valence-electron chi connectivity index (χ4n) is 3.70. The van der Waals surface area contributed by atoms with E-state index in [0.29, 0.717) is 0 Å². The largest absolute Gasteiger partial charge is 0.322 e. The Morgan fingerprint density at radius 2 is 1.57 bits per heavy atom. The number of carbonyl (C=O) groups is 1. The predicted molar refractivity (Wildman–Crippen MR) is 119 cm³/mol. The fourth-order valence-corrected chi connectivity index (χ4v) is 4.78. The number of nitrogens with one attached hydrogen (secondary N) is 2. The highest BCUT2D eigenvalue weighted by molar-refractivity contribution is 7.92. The first-order valence-electron chi connectivity index (χ1n) is 10.0. The highest BCUT2D eigenvalue weighted by atomic mass is 32.2. The molecule has 0 aromatic heterocycles. The molecule has 5 nitrogen and oxygen atoms in total. The molecule has 0 bridgehead atoms. The van der Waals surface area contributed by atoms with Crippen molar-refractivity contribution in [1.82, 2.24) is 0 Å². The summed E-state index contributed by atoms with van der Waals surface area (Å²) in [6, 6.07) is 19.2. The van der Waals surface area contributed by atoms with E-state index in [-0.39, 0.29) is 22.1 Å². The fraction of sp³-hybridized carbons (Fsp3) is 0.208. The van der Waals surface area contributed by atoms with Gasteiger partial charge in [-0.1, -0.05) is 35.9 Å². The summed E-state index contributed by atoms with van der Waals surface area (Å²) in [5.41, 5.74) is 4.81. The molecule has 3 aromatic carbocycles. The van der Waals surface area contributed by atoms with Gasteiger partial charge in [0.2, 0.25) is 0 Å². The van der Waals surface area contributed by atoms with E-state index in [2.05, 4.69) is 16.1 Å². The molecule has 1 aliphatic carbocycles. The van der Waals surface area contributed by atoms with Crippen LogP contribution >= 0.6 is 0 Å². The lowest BCUT2D eigenvalue weighted by molar-refractivity contribution is 0.102. The van der Waals surface area contributed by atoms with E-state index in [9.17, 15) is 13.2 Å². The third-order valence-electron chi connectivity index (χ3n) is 5.35. The molecule has 0 aliphatic heterocycles. The number of benzene rings is 3. The molecule has 0 radical (unpaired) electrons. The second kappa shape index (κ2) is 8.32. The van der Waals surface area contributed by atoms with Crippen molar-refractivity contribution in [2.45, 2.75) is 37.5 Å². The maximum absolute atomic E-state index is 12.9. The lowest BCUT2D eigenvalue weighted by Gasteiger charge is -2.17. The maximum Gasteiger partial charge on any atom is 0.261 e. The lowest BCUT2D eigenvalue weighted by atomic mass is 9.91. The van der Waals surface area contributed by atoms with E-state index in [0.717, 1.165) is 30.5 Å². The zero-order valence-corrected chi connectivity index (χ0v) is 17.6. The van der Waals surface area contributed by atoms with Gasteiger partial charge in [0.15, 0.2) is 0 Å². The first kappa shape index (κ1) is 20.2. The Morgan fingerprint density at radius 3 is 2.33 bits per heavy atom. The minimum Gasteiger partial charge on any atom is -0.322 e. The number of hydrogen-bond acceptors (Lipinski definition) is 3. The van der Waals surface area contributed by atoms with Crippen LogP contribution in [0.2, 0.25) is 0 Å². The molecule has 3 aromatic rings. The van der Waals surface area contributed by atoms with E-state index in [1.54, 1.807) is 48.5 Å². The summed E-state index contributed by atoms with van der Waals surface area (Å²) in [6.45, 7) is 1.89. The zero-order chi connectivity index (χ0) is 21.1. The SMILES string of the molecule is Cc1ccc(S(=O)(=O)Nc2ccccc2C(=O)Nc2ccc3c(c2)CCCC3)cc1. The molecular weight excluding hydrogens is 396 g/mol. The van der Waals surface area contributed by atoms with Gasteiger partial charge in [0, 0.05) is 5.69 Å². The normalized spacial score (nSPS) is 13.4. The van der Waals surface area contributed by atoms with Crippen molar-refractivity contribution in [1.29, 1.82) is 0 Å². The average molecular weight is 421 g/mol. The van der Waals surface area contributed by atoms with Crippen LogP contribution in [-0.4, -0.2) is 14.3 Å². The van der Waals surface area contributed by atoms with E-state index in [4.69, 9.17) is 0 Å². The van der Waals surface area contributed by atoms with Crippen LogP contribution in [0.25, 0.3) is 0 Å². The monoisotopic (exact) mass is 420 g/mol. The van der Waals surface area contributed by atoms with Crippen LogP contribution < -0.4 is 10.0 Å².